The zero-order valence-electron chi connectivity index (χ0n) is 30.2. The number of carbonyl (C=O) groups is 2. The number of aromatic nitrogens is 2. The topological polar surface area (TPSA) is 133 Å². The molecule has 11 nitrogen and oxygen atoms in total. The summed E-state index contributed by atoms with van der Waals surface area (Å²) in [5.41, 5.74) is 6.18. The Kier molecular flexibility index (Phi) is 10.9. The highest BCUT2D eigenvalue weighted by molar-refractivity contribution is 5.80. The Morgan fingerprint density at radius 2 is 1.72 bits per heavy atom. The number of furan rings is 1. The Morgan fingerprint density at radius 3 is 2.38 bits per heavy atom. The van der Waals surface area contributed by atoms with Gasteiger partial charge in [0.15, 0.2) is 6.04 Å². The third kappa shape index (κ3) is 7.55. The maximum atomic E-state index is 13.5. The lowest BCUT2D eigenvalue weighted by atomic mass is 9.98. The number of unbranched alkanes of at least 4 members (excludes halogenated alkanes) is 2. The first-order valence-corrected chi connectivity index (χ1v) is 18.4. The Hall–Kier alpha value is -5.10. The number of hydrogen-bond acceptors (Lipinski definition) is 9. The van der Waals surface area contributed by atoms with E-state index in [1.807, 2.05) is 54.6 Å². The molecule has 53 heavy (non-hydrogen) atoms. The summed E-state index contributed by atoms with van der Waals surface area (Å²) in [5, 5.41) is 12.5. The highest BCUT2D eigenvalue weighted by Gasteiger charge is 2.39. The quantitative estimate of drug-likeness (QED) is 0.0536. The lowest BCUT2D eigenvalue weighted by molar-refractivity contribution is -0.205. The van der Waals surface area contributed by atoms with Gasteiger partial charge < -0.3 is 19.0 Å². The van der Waals surface area contributed by atoms with E-state index in [0.29, 0.717) is 17.6 Å². The predicted molar refractivity (Wildman–Crippen MR) is 199 cm³/mol. The van der Waals surface area contributed by atoms with E-state index in [0.717, 1.165) is 45.7 Å². The van der Waals surface area contributed by atoms with Gasteiger partial charge >= 0.3 is 11.7 Å². The van der Waals surface area contributed by atoms with E-state index in [1.165, 1.54) is 23.0 Å². The Labute approximate surface area is 308 Å². The van der Waals surface area contributed by atoms with E-state index in [1.54, 1.807) is 20.0 Å². The molecule has 11 heteroatoms. The molecule has 1 aliphatic heterocycles. The van der Waals surface area contributed by atoms with E-state index in [2.05, 4.69) is 36.2 Å². The summed E-state index contributed by atoms with van der Waals surface area (Å²) in [6.45, 7) is 5.64. The van der Waals surface area contributed by atoms with Crippen molar-refractivity contribution in [1.82, 2.24) is 14.6 Å². The lowest BCUT2D eigenvalue weighted by Crippen LogP contribution is -2.46. The zero-order valence-corrected chi connectivity index (χ0v) is 30.2. The third-order valence-corrected chi connectivity index (χ3v) is 10.3. The molecule has 4 atom stereocenters. The van der Waals surface area contributed by atoms with Crippen molar-refractivity contribution in [3.05, 3.63) is 112 Å². The minimum absolute atomic E-state index is 0.0844. The molecular formula is C42H45N3O8. The molecule has 2 aliphatic rings. The fourth-order valence-corrected chi connectivity index (χ4v) is 7.42. The SMILES string of the molecule is CCCCCc1ccc(-c2cc3cn([C@H]4C[C@H](O)[C@@H](COC(=O)[C@H](C(C)C)N(C=O)OCC5c6ccccc6-c6ccccc65)O4)c(=O)nc3o2)cc1. The molecule has 1 saturated heterocycles. The van der Waals surface area contributed by atoms with E-state index in [-0.39, 0.29) is 37.2 Å². The molecule has 0 radical (unpaired) electrons. The van der Waals surface area contributed by atoms with Crippen LogP contribution in [0.2, 0.25) is 0 Å². The minimum atomic E-state index is -1.05. The number of hydrogen-bond donors (Lipinski definition) is 1. The van der Waals surface area contributed by atoms with Crippen LogP contribution >= 0.6 is 0 Å². The molecule has 3 aromatic carbocycles. The number of esters is 1. The number of carbonyl (C=O) groups excluding carboxylic acids is 2. The van der Waals surface area contributed by atoms with Gasteiger partial charge in [-0.3, -0.25) is 14.2 Å². The number of aliphatic hydroxyl groups excluding tert-OH is 1. The molecule has 1 amide bonds. The first-order chi connectivity index (χ1) is 25.7. The van der Waals surface area contributed by atoms with Crippen molar-refractivity contribution in [2.24, 2.45) is 5.92 Å². The first kappa shape index (κ1) is 36.3. The summed E-state index contributed by atoms with van der Waals surface area (Å²) in [4.78, 5) is 49.0. The lowest BCUT2D eigenvalue weighted by Gasteiger charge is -2.30. The summed E-state index contributed by atoms with van der Waals surface area (Å²) < 4.78 is 18.9. The van der Waals surface area contributed by atoms with Gasteiger partial charge in [-0.05, 0) is 52.6 Å². The molecule has 0 bridgehead atoms. The van der Waals surface area contributed by atoms with Crippen LogP contribution in [-0.4, -0.2) is 63.6 Å². The van der Waals surface area contributed by atoms with Crippen molar-refractivity contribution in [2.75, 3.05) is 13.2 Å². The molecule has 1 fully saturated rings. The summed E-state index contributed by atoms with van der Waals surface area (Å²) in [6, 6.07) is 25.1. The van der Waals surface area contributed by atoms with E-state index < -0.39 is 36.1 Å². The van der Waals surface area contributed by atoms with E-state index in [4.69, 9.17) is 18.7 Å². The predicted octanol–water partition coefficient (Wildman–Crippen LogP) is 6.81. The largest absolute Gasteiger partial charge is 0.461 e. The summed E-state index contributed by atoms with van der Waals surface area (Å²) in [6.07, 6.45) is 3.96. The van der Waals surface area contributed by atoms with Crippen LogP contribution in [-0.2, 0) is 30.3 Å². The normalized spacial score (nSPS) is 18.6. The van der Waals surface area contributed by atoms with Gasteiger partial charge in [-0.25, -0.2) is 14.7 Å². The van der Waals surface area contributed by atoms with Gasteiger partial charge in [0.1, 0.15) is 24.7 Å². The molecule has 2 aromatic heterocycles. The number of aliphatic hydroxyl groups is 1. The zero-order chi connectivity index (χ0) is 37.1. The molecule has 7 rings (SSSR count). The Balaban J connectivity index is 0.983. The highest BCUT2D eigenvalue weighted by atomic mass is 16.7. The van der Waals surface area contributed by atoms with Gasteiger partial charge in [-0.15, -0.1) is 0 Å². The van der Waals surface area contributed by atoms with Gasteiger partial charge in [0.2, 0.25) is 12.1 Å². The standard InChI is InChI=1S/C42H45N3O8/c1-4-5-6-11-27-16-18-28(19-17-27)36-20-29-22-44(42(49)43-40(29)53-36)38-21-35(47)37(52-38)24-50-41(48)39(26(2)3)45(25-46)51-23-34-32-14-9-7-12-30(32)31-13-8-10-15-33(31)34/h7-10,12-20,22,25-26,34-35,37-39,47H,4-6,11,21,23-24H2,1-3H3/t35-,37+,38+,39-/m0/s1. The molecule has 276 valence electrons. The van der Waals surface area contributed by atoms with Crippen LogP contribution < -0.4 is 5.69 Å². The van der Waals surface area contributed by atoms with Crippen LogP contribution in [0.4, 0.5) is 0 Å². The second kappa shape index (κ2) is 15.9. The van der Waals surface area contributed by atoms with Gasteiger partial charge in [0.05, 0.1) is 18.1 Å². The van der Waals surface area contributed by atoms with Crippen molar-refractivity contribution in [3.63, 3.8) is 0 Å². The van der Waals surface area contributed by atoms with Crippen molar-refractivity contribution < 1.29 is 33.4 Å². The van der Waals surface area contributed by atoms with Crippen LogP contribution in [0, 0.1) is 5.92 Å². The van der Waals surface area contributed by atoms with Gasteiger partial charge in [-0.1, -0.05) is 106 Å². The third-order valence-electron chi connectivity index (χ3n) is 10.3. The average Bonchev–Trinajstić information content (AvgIpc) is 3.85. The number of aryl methyl sites for hydroxylation is 1. The minimum Gasteiger partial charge on any atom is -0.461 e. The van der Waals surface area contributed by atoms with Crippen molar-refractivity contribution in [2.45, 2.75) is 83.3 Å². The van der Waals surface area contributed by atoms with Crippen molar-refractivity contribution in [3.8, 4) is 22.5 Å². The van der Waals surface area contributed by atoms with Gasteiger partial charge in [0.25, 0.3) is 0 Å². The van der Waals surface area contributed by atoms with Crippen molar-refractivity contribution in [1.29, 1.82) is 0 Å². The molecule has 1 aliphatic carbocycles. The second-order valence-electron chi connectivity index (χ2n) is 14.2. The summed E-state index contributed by atoms with van der Waals surface area (Å²) in [5.74, 6) is -0.574. The monoisotopic (exact) mass is 719 g/mol. The Bertz CT molecular complexity index is 2080. The number of rotatable bonds is 15. The molecular weight excluding hydrogens is 674 g/mol. The first-order valence-electron chi connectivity index (χ1n) is 18.4. The summed E-state index contributed by atoms with van der Waals surface area (Å²) in [7, 11) is 0. The van der Waals surface area contributed by atoms with Crippen LogP contribution in [0.25, 0.3) is 33.6 Å². The maximum Gasteiger partial charge on any atom is 0.353 e. The molecule has 1 N–H and O–H groups in total. The maximum absolute atomic E-state index is 13.5. The smallest absolute Gasteiger partial charge is 0.353 e. The number of benzene rings is 3. The molecule has 3 heterocycles. The average molecular weight is 720 g/mol. The molecule has 0 saturated carbocycles. The highest BCUT2D eigenvalue weighted by Crippen LogP contribution is 2.44. The Morgan fingerprint density at radius 1 is 1.02 bits per heavy atom. The van der Waals surface area contributed by atoms with Crippen LogP contribution in [0.3, 0.4) is 0 Å². The van der Waals surface area contributed by atoms with Crippen LogP contribution in [0.1, 0.15) is 75.3 Å². The van der Waals surface area contributed by atoms with E-state index in [9.17, 15) is 19.5 Å². The second-order valence-corrected chi connectivity index (χ2v) is 14.2. The van der Waals surface area contributed by atoms with Gasteiger partial charge in [-0.2, -0.15) is 4.98 Å². The number of fused-ring (bicyclic) bond motifs is 4. The molecule has 0 unspecified atom stereocenters. The summed E-state index contributed by atoms with van der Waals surface area (Å²) >= 11 is 0. The number of nitrogens with zero attached hydrogens (tertiary/aromatic N) is 3. The molecule has 0 spiro atoms. The molecule has 5 aromatic rings. The van der Waals surface area contributed by atoms with E-state index >= 15 is 0 Å². The fourth-order valence-electron chi connectivity index (χ4n) is 7.42. The fraction of sp³-hybridized carbons (Fsp3) is 0.381. The van der Waals surface area contributed by atoms with Crippen LogP contribution in [0.15, 0.2) is 94.3 Å². The van der Waals surface area contributed by atoms with Crippen LogP contribution in [0.5, 0.6) is 0 Å². The number of hydroxylamine groups is 2. The van der Waals surface area contributed by atoms with Crippen molar-refractivity contribution >= 4 is 23.5 Å². The number of ether oxygens (including phenoxy) is 2. The van der Waals surface area contributed by atoms with Gasteiger partial charge in [0, 0.05) is 24.1 Å². The number of amides is 1.